The van der Waals surface area contributed by atoms with Crippen molar-refractivity contribution >= 4 is 28.2 Å². The number of hydrogen-bond acceptors (Lipinski definition) is 5. The summed E-state index contributed by atoms with van der Waals surface area (Å²) in [6.07, 6.45) is -0.257. The van der Waals surface area contributed by atoms with Crippen molar-refractivity contribution in [1.82, 2.24) is 0 Å². The predicted octanol–water partition coefficient (Wildman–Crippen LogP) is 4.36. The number of nitriles is 1. The number of carbonyl (C=O) groups excluding carboxylic acids is 2. The number of hydrogen-bond donors (Lipinski definition) is 1. The molecule has 2 rings (SSSR count). The molecule has 1 amide bonds. The zero-order valence-corrected chi connectivity index (χ0v) is 15.7. The van der Waals surface area contributed by atoms with Gasteiger partial charge in [-0.3, -0.25) is 4.79 Å². The van der Waals surface area contributed by atoms with Crippen LogP contribution in [0.5, 0.6) is 0 Å². The van der Waals surface area contributed by atoms with E-state index < -0.39 is 5.97 Å². The third-order valence-electron chi connectivity index (χ3n) is 3.50. The van der Waals surface area contributed by atoms with Crippen LogP contribution in [0, 0.1) is 32.1 Å². The van der Waals surface area contributed by atoms with Gasteiger partial charge in [0.15, 0.2) is 0 Å². The summed E-state index contributed by atoms with van der Waals surface area (Å²) >= 11 is 1.06. The number of rotatable bonds is 4. The third kappa shape index (κ3) is 4.25. The minimum absolute atomic E-state index is 0.257. The molecule has 0 aliphatic carbocycles. The highest BCUT2D eigenvalue weighted by atomic mass is 32.1. The van der Waals surface area contributed by atoms with Crippen molar-refractivity contribution in [2.45, 2.75) is 40.7 Å². The Hall–Kier alpha value is -2.65. The quantitative estimate of drug-likeness (QED) is 0.825. The van der Waals surface area contributed by atoms with E-state index in [1.165, 1.54) is 0 Å². The van der Waals surface area contributed by atoms with Crippen molar-refractivity contribution in [2.75, 3.05) is 5.32 Å². The highest BCUT2D eigenvalue weighted by Crippen LogP contribution is 2.33. The number of aryl methyl sites for hydroxylation is 2. The number of thiophene rings is 1. The summed E-state index contributed by atoms with van der Waals surface area (Å²) in [4.78, 5) is 25.0. The van der Waals surface area contributed by atoms with Gasteiger partial charge in [0, 0.05) is 5.56 Å². The SMILES string of the molecule is Cc1cc(C)cc(C(=O)Nc2sc(C(=O)OC(C)C)c(C)c2C#N)c1. The van der Waals surface area contributed by atoms with Gasteiger partial charge in [-0.05, 0) is 52.3 Å². The standard InChI is InChI=1S/C19H20N2O3S/c1-10(2)24-19(23)16-13(5)15(9-20)18(25-16)21-17(22)14-7-11(3)6-12(4)8-14/h6-8,10H,1-5H3,(H,21,22). The predicted molar refractivity (Wildman–Crippen MR) is 98.2 cm³/mol. The fourth-order valence-corrected chi connectivity index (χ4v) is 3.51. The summed E-state index contributed by atoms with van der Waals surface area (Å²) in [5, 5.41) is 12.5. The molecule has 0 saturated carbocycles. The van der Waals surface area contributed by atoms with Crippen molar-refractivity contribution in [3.8, 4) is 6.07 Å². The van der Waals surface area contributed by atoms with Gasteiger partial charge in [0.1, 0.15) is 15.9 Å². The minimum atomic E-state index is -0.485. The molecule has 0 atom stereocenters. The smallest absolute Gasteiger partial charge is 0.348 e. The number of anilines is 1. The van der Waals surface area contributed by atoms with Crippen LogP contribution in [0.15, 0.2) is 18.2 Å². The highest BCUT2D eigenvalue weighted by molar-refractivity contribution is 7.18. The highest BCUT2D eigenvalue weighted by Gasteiger charge is 2.23. The van der Waals surface area contributed by atoms with E-state index in [2.05, 4.69) is 11.4 Å². The number of ether oxygens (including phenoxy) is 1. The van der Waals surface area contributed by atoms with Crippen molar-refractivity contribution in [1.29, 1.82) is 5.26 Å². The normalized spacial score (nSPS) is 10.4. The number of esters is 1. The van der Waals surface area contributed by atoms with Gasteiger partial charge in [-0.25, -0.2) is 4.79 Å². The van der Waals surface area contributed by atoms with Gasteiger partial charge in [-0.15, -0.1) is 11.3 Å². The van der Waals surface area contributed by atoms with Gasteiger partial charge in [0.2, 0.25) is 0 Å². The molecule has 0 radical (unpaired) electrons. The molecule has 0 spiro atoms. The lowest BCUT2D eigenvalue weighted by Gasteiger charge is -2.06. The molecule has 130 valence electrons. The number of nitrogens with one attached hydrogen (secondary N) is 1. The lowest BCUT2D eigenvalue weighted by molar-refractivity contribution is 0.0383. The van der Waals surface area contributed by atoms with Gasteiger partial charge in [0.05, 0.1) is 11.7 Å². The van der Waals surface area contributed by atoms with Crippen LogP contribution in [0.3, 0.4) is 0 Å². The summed E-state index contributed by atoms with van der Waals surface area (Å²) in [6, 6.07) is 7.60. The van der Waals surface area contributed by atoms with Crippen molar-refractivity contribution in [3.63, 3.8) is 0 Å². The van der Waals surface area contributed by atoms with Gasteiger partial charge in [-0.2, -0.15) is 5.26 Å². The van der Waals surface area contributed by atoms with Crippen LogP contribution < -0.4 is 5.32 Å². The van der Waals surface area contributed by atoms with E-state index in [1.807, 2.05) is 19.9 Å². The minimum Gasteiger partial charge on any atom is -0.459 e. The largest absolute Gasteiger partial charge is 0.459 e. The zero-order valence-electron chi connectivity index (χ0n) is 14.9. The molecule has 2 aromatic rings. The number of amides is 1. The summed E-state index contributed by atoms with van der Waals surface area (Å²) in [7, 11) is 0. The molecule has 0 saturated heterocycles. The van der Waals surface area contributed by atoms with Crippen LogP contribution in [-0.2, 0) is 4.74 Å². The Morgan fingerprint density at radius 1 is 1.16 bits per heavy atom. The third-order valence-corrected chi connectivity index (χ3v) is 4.68. The number of nitrogens with zero attached hydrogens (tertiary/aromatic N) is 1. The molecule has 0 bridgehead atoms. The molecule has 5 nitrogen and oxygen atoms in total. The fourth-order valence-electron chi connectivity index (χ4n) is 2.48. The molecule has 0 unspecified atom stereocenters. The van der Waals surface area contributed by atoms with Crippen LogP contribution in [0.4, 0.5) is 5.00 Å². The Morgan fingerprint density at radius 3 is 2.28 bits per heavy atom. The first-order valence-electron chi connectivity index (χ1n) is 7.87. The maximum absolute atomic E-state index is 12.5. The summed E-state index contributed by atoms with van der Waals surface area (Å²) in [6.45, 7) is 9.03. The van der Waals surface area contributed by atoms with E-state index in [1.54, 1.807) is 32.9 Å². The summed E-state index contributed by atoms with van der Waals surface area (Å²) in [5.74, 6) is -0.797. The first-order chi connectivity index (χ1) is 11.7. The molecule has 0 aliphatic heterocycles. The van der Waals surface area contributed by atoms with Gasteiger partial charge in [0.25, 0.3) is 5.91 Å². The molecule has 1 aromatic heterocycles. The second-order valence-electron chi connectivity index (χ2n) is 6.16. The van der Waals surface area contributed by atoms with E-state index >= 15 is 0 Å². The lowest BCUT2D eigenvalue weighted by atomic mass is 10.1. The Morgan fingerprint density at radius 2 is 1.76 bits per heavy atom. The molecule has 1 heterocycles. The van der Waals surface area contributed by atoms with Gasteiger partial charge >= 0.3 is 5.97 Å². The van der Waals surface area contributed by atoms with E-state index in [0.29, 0.717) is 26.6 Å². The molecule has 1 aromatic carbocycles. The van der Waals surface area contributed by atoms with Gasteiger partial charge < -0.3 is 10.1 Å². The molecular weight excluding hydrogens is 336 g/mol. The van der Waals surface area contributed by atoms with Crippen molar-refractivity contribution in [2.24, 2.45) is 0 Å². The maximum Gasteiger partial charge on any atom is 0.348 e. The van der Waals surface area contributed by atoms with Crippen LogP contribution in [0.1, 0.15) is 56.1 Å². The van der Waals surface area contributed by atoms with Gasteiger partial charge in [-0.1, -0.05) is 17.2 Å². The molecule has 1 N–H and O–H groups in total. The Bertz CT molecular complexity index is 855. The second-order valence-corrected chi connectivity index (χ2v) is 7.18. The molecule has 0 aliphatic rings. The average molecular weight is 356 g/mol. The van der Waals surface area contributed by atoms with Crippen LogP contribution in [-0.4, -0.2) is 18.0 Å². The molecule has 0 fully saturated rings. The average Bonchev–Trinajstić information content (AvgIpc) is 2.81. The lowest BCUT2D eigenvalue weighted by Crippen LogP contribution is -2.12. The van der Waals surface area contributed by atoms with Crippen LogP contribution in [0.2, 0.25) is 0 Å². The molecule has 6 heteroatoms. The maximum atomic E-state index is 12.5. The fraction of sp³-hybridized carbons (Fsp3) is 0.316. The first kappa shape index (κ1) is 18.7. The zero-order chi connectivity index (χ0) is 18.7. The van der Waals surface area contributed by atoms with E-state index in [0.717, 1.165) is 22.5 Å². The number of carbonyl (C=O) groups is 2. The van der Waals surface area contributed by atoms with Crippen LogP contribution in [0.25, 0.3) is 0 Å². The summed E-state index contributed by atoms with van der Waals surface area (Å²) < 4.78 is 5.20. The van der Waals surface area contributed by atoms with E-state index in [-0.39, 0.29) is 12.0 Å². The number of benzene rings is 1. The second kappa shape index (κ2) is 7.49. The van der Waals surface area contributed by atoms with E-state index in [4.69, 9.17) is 4.74 Å². The summed E-state index contributed by atoms with van der Waals surface area (Å²) in [5.41, 5.74) is 3.29. The van der Waals surface area contributed by atoms with Crippen molar-refractivity contribution < 1.29 is 14.3 Å². The first-order valence-corrected chi connectivity index (χ1v) is 8.68. The Kier molecular flexibility index (Phi) is 5.60. The Balaban J connectivity index is 2.34. The van der Waals surface area contributed by atoms with Crippen molar-refractivity contribution in [3.05, 3.63) is 50.9 Å². The van der Waals surface area contributed by atoms with Crippen LogP contribution >= 0.6 is 11.3 Å². The van der Waals surface area contributed by atoms with E-state index in [9.17, 15) is 14.9 Å². The molecule has 25 heavy (non-hydrogen) atoms. The molecular formula is C19H20N2O3S. The monoisotopic (exact) mass is 356 g/mol. The Labute approximate surface area is 151 Å². The topological polar surface area (TPSA) is 79.2 Å².